The molecule has 0 spiro atoms. The van der Waals surface area contributed by atoms with Crippen molar-refractivity contribution < 1.29 is 4.79 Å². The smallest absolute Gasteiger partial charge is 0.259 e. The summed E-state index contributed by atoms with van der Waals surface area (Å²) in [7, 11) is 0. The van der Waals surface area contributed by atoms with Crippen molar-refractivity contribution in [1.29, 1.82) is 0 Å². The van der Waals surface area contributed by atoms with Crippen molar-refractivity contribution in [3.63, 3.8) is 0 Å². The van der Waals surface area contributed by atoms with Gasteiger partial charge >= 0.3 is 0 Å². The van der Waals surface area contributed by atoms with Crippen molar-refractivity contribution in [3.05, 3.63) is 76.5 Å². The maximum atomic E-state index is 12.4. The maximum absolute atomic E-state index is 12.4. The molecule has 29 heavy (non-hydrogen) atoms. The molecule has 0 saturated carbocycles. The Bertz CT molecular complexity index is 1270. The largest absolute Gasteiger partial charge is 0.368 e. The van der Waals surface area contributed by atoms with Crippen LogP contribution in [0.5, 0.6) is 0 Å². The zero-order chi connectivity index (χ0) is 20.4. The van der Waals surface area contributed by atoms with E-state index in [4.69, 9.17) is 11.5 Å². The Morgan fingerprint density at radius 1 is 1.14 bits per heavy atom. The van der Waals surface area contributed by atoms with Crippen LogP contribution in [0.25, 0.3) is 22.0 Å². The number of rotatable bonds is 5. The Balaban J connectivity index is 1.75. The average Bonchev–Trinajstić information content (AvgIpc) is 2.72. The topological polar surface area (TPSA) is 153 Å². The number of benzene rings is 1. The zero-order valence-corrected chi connectivity index (χ0v) is 15.2. The van der Waals surface area contributed by atoms with Crippen LogP contribution in [0.3, 0.4) is 0 Å². The summed E-state index contributed by atoms with van der Waals surface area (Å²) in [6.45, 7) is 0.346. The van der Waals surface area contributed by atoms with Crippen molar-refractivity contribution >= 4 is 28.4 Å². The third-order valence-corrected chi connectivity index (χ3v) is 4.39. The number of hydrogen-bond acceptors (Lipinski definition) is 7. The number of anilines is 2. The molecule has 0 aliphatic rings. The van der Waals surface area contributed by atoms with Crippen LogP contribution in [0.15, 0.2) is 59.8 Å². The molecule has 4 rings (SSSR count). The highest BCUT2D eigenvalue weighted by Gasteiger charge is 2.12. The molecule has 4 aromatic rings. The summed E-state index contributed by atoms with van der Waals surface area (Å²) in [6, 6.07) is 10.5. The van der Waals surface area contributed by atoms with Crippen molar-refractivity contribution in [2.45, 2.75) is 6.54 Å². The number of nitrogens with one attached hydrogen (secondary N) is 2. The minimum Gasteiger partial charge on any atom is -0.368 e. The number of carbonyl (C=O) groups is 1. The SMILES string of the molecule is NC(=O)c1cccc(CNc2nc(-c3cnc(N)nc3)cc3cc[nH]c(=O)c23)c1. The molecule has 0 bridgehead atoms. The van der Waals surface area contributed by atoms with Crippen LogP contribution >= 0.6 is 0 Å². The van der Waals surface area contributed by atoms with Gasteiger partial charge in [0.05, 0.1) is 11.1 Å². The monoisotopic (exact) mass is 387 g/mol. The van der Waals surface area contributed by atoms with E-state index in [1.807, 2.05) is 6.07 Å². The summed E-state index contributed by atoms with van der Waals surface area (Å²) in [4.78, 5) is 39.1. The molecule has 3 heterocycles. The minimum atomic E-state index is -0.503. The van der Waals surface area contributed by atoms with Gasteiger partial charge < -0.3 is 21.8 Å². The highest BCUT2D eigenvalue weighted by molar-refractivity contribution is 5.94. The lowest BCUT2D eigenvalue weighted by Crippen LogP contribution is -2.13. The van der Waals surface area contributed by atoms with Gasteiger partial charge in [-0.25, -0.2) is 15.0 Å². The van der Waals surface area contributed by atoms with Crippen LogP contribution in [-0.4, -0.2) is 25.8 Å². The summed E-state index contributed by atoms with van der Waals surface area (Å²) in [5.41, 5.74) is 13.1. The molecule has 0 aliphatic carbocycles. The summed E-state index contributed by atoms with van der Waals surface area (Å²) < 4.78 is 0. The highest BCUT2D eigenvalue weighted by atomic mass is 16.1. The standard InChI is InChI=1S/C20H17N7O2/c21-17(28)13-3-1-2-11(6-13)8-24-18-16-12(4-5-23-19(16)29)7-15(27-18)14-9-25-20(22)26-10-14/h1-7,9-10H,8H2,(H2,21,28)(H,23,29)(H,24,27)(H2,22,25,26). The number of pyridine rings is 2. The molecule has 1 aromatic carbocycles. The van der Waals surface area contributed by atoms with E-state index < -0.39 is 5.91 Å². The number of amides is 1. The first-order valence-electron chi connectivity index (χ1n) is 8.74. The molecule has 0 radical (unpaired) electrons. The van der Waals surface area contributed by atoms with E-state index in [1.165, 1.54) is 0 Å². The molecule has 9 heteroatoms. The molecular formula is C20H17N7O2. The fourth-order valence-electron chi connectivity index (χ4n) is 2.98. The molecule has 6 N–H and O–H groups in total. The third kappa shape index (κ3) is 3.74. The molecule has 1 amide bonds. The molecular weight excluding hydrogens is 370 g/mol. The molecule has 9 nitrogen and oxygen atoms in total. The number of fused-ring (bicyclic) bond motifs is 1. The van der Waals surface area contributed by atoms with Crippen LogP contribution in [0.1, 0.15) is 15.9 Å². The first-order chi connectivity index (χ1) is 14.0. The second-order valence-electron chi connectivity index (χ2n) is 6.38. The Morgan fingerprint density at radius 2 is 1.93 bits per heavy atom. The van der Waals surface area contributed by atoms with Crippen LogP contribution in [-0.2, 0) is 6.54 Å². The number of nitrogens with two attached hydrogens (primary N) is 2. The van der Waals surface area contributed by atoms with Gasteiger partial charge in [-0.2, -0.15) is 0 Å². The van der Waals surface area contributed by atoms with Crippen LogP contribution in [0, 0.1) is 0 Å². The zero-order valence-electron chi connectivity index (χ0n) is 15.2. The predicted molar refractivity (Wildman–Crippen MR) is 110 cm³/mol. The van der Waals surface area contributed by atoms with E-state index in [2.05, 4.69) is 25.3 Å². The van der Waals surface area contributed by atoms with Crippen molar-refractivity contribution in [2.24, 2.45) is 5.73 Å². The summed E-state index contributed by atoms with van der Waals surface area (Å²) >= 11 is 0. The number of aromatic amines is 1. The summed E-state index contributed by atoms with van der Waals surface area (Å²) in [5, 5.41) is 4.33. The number of aromatic nitrogens is 4. The quantitative estimate of drug-likeness (QED) is 0.406. The number of H-pyrrole nitrogens is 1. The summed E-state index contributed by atoms with van der Waals surface area (Å²) in [6.07, 6.45) is 4.72. The number of nitrogens with zero attached hydrogens (tertiary/aromatic N) is 3. The van der Waals surface area contributed by atoms with E-state index in [1.54, 1.807) is 48.9 Å². The van der Waals surface area contributed by atoms with E-state index >= 15 is 0 Å². The van der Waals surface area contributed by atoms with Gasteiger partial charge in [0.1, 0.15) is 5.82 Å². The number of primary amides is 1. The molecule has 0 unspecified atom stereocenters. The van der Waals surface area contributed by atoms with Gasteiger partial charge in [-0.05, 0) is 35.2 Å². The first kappa shape index (κ1) is 18.1. The molecule has 144 valence electrons. The van der Waals surface area contributed by atoms with Gasteiger partial charge in [0.15, 0.2) is 0 Å². The van der Waals surface area contributed by atoms with Gasteiger partial charge in [-0.1, -0.05) is 12.1 Å². The fraction of sp³-hybridized carbons (Fsp3) is 0.0500. The van der Waals surface area contributed by atoms with Crippen molar-refractivity contribution in [3.8, 4) is 11.3 Å². The molecule has 0 saturated heterocycles. The van der Waals surface area contributed by atoms with Crippen LogP contribution < -0.4 is 22.3 Å². The van der Waals surface area contributed by atoms with E-state index in [0.717, 1.165) is 5.56 Å². The first-order valence-corrected chi connectivity index (χ1v) is 8.74. The Labute approximate surface area is 164 Å². The Hall–Kier alpha value is -4.27. The number of carbonyl (C=O) groups excluding carboxylic acids is 1. The van der Waals surface area contributed by atoms with Gasteiger partial charge in [-0.3, -0.25) is 9.59 Å². The van der Waals surface area contributed by atoms with Crippen LogP contribution in [0.2, 0.25) is 0 Å². The molecule has 0 atom stereocenters. The second kappa shape index (κ2) is 7.39. The Morgan fingerprint density at radius 3 is 2.69 bits per heavy atom. The van der Waals surface area contributed by atoms with E-state index in [-0.39, 0.29) is 11.5 Å². The minimum absolute atomic E-state index is 0.165. The lowest BCUT2D eigenvalue weighted by Gasteiger charge is -2.11. The maximum Gasteiger partial charge on any atom is 0.259 e. The van der Waals surface area contributed by atoms with Gasteiger partial charge in [-0.15, -0.1) is 0 Å². The fourth-order valence-corrected chi connectivity index (χ4v) is 2.98. The lowest BCUT2D eigenvalue weighted by atomic mass is 10.1. The van der Waals surface area contributed by atoms with Crippen molar-refractivity contribution in [2.75, 3.05) is 11.1 Å². The van der Waals surface area contributed by atoms with E-state index in [9.17, 15) is 9.59 Å². The van der Waals surface area contributed by atoms with Crippen LogP contribution in [0.4, 0.5) is 11.8 Å². The highest BCUT2D eigenvalue weighted by Crippen LogP contribution is 2.25. The van der Waals surface area contributed by atoms with E-state index in [0.29, 0.717) is 40.0 Å². The van der Waals surface area contributed by atoms with Crippen molar-refractivity contribution in [1.82, 2.24) is 19.9 Å². The average molecular weight is 387 g/mol. The third-order valence-electron chi connectivity index (χ3n) is 4.39. The predicted octanol–water partition coefficient (Wildman–Crippen LogP) is 1.67. The van der Waals surface area contributed by atoms with Gasteiger partial charge in [0.2, 0.25) is 11.9 Å². The normalized spacial score (nSPS) is 10.8. The number of hydrogen-bond donors (Lipinski definition) is 4. The molecule has 3 aromatic heterocycles. The summed E-state index contributed by atoms with van der Waals surface area (Å²) in [5.74, 6) is 0.0662. The van der Waals surface area contributed by atoms with Gasteiger partial charge in [0.25, 0.3) is 5.56 Å². The van der Waals surface area contributed by atoms with Gasteiger partial charge in [0, 0.05) is 36.3 Å². The molecule has 0 fully saturated rings. The lowest BCUT2D eigenvalue weighted by molar-refractivity contribution is 0.1000. The number of nitrogen functional groups attached to an aromatic ring is 1. The second-order valence-corrected chi connectivity index (χ2v) is 6.38. The molecule has 0 aliphatic heterocycles. The Kier molecular flexibility index (Phi) is 4.62.